The van der Waals surface area contributed by atoms with Gasteiger partial charge in [0.15, 0.2) is 0 Å². The minimum absolute atomic E-state index is 0.524. The number of hydrogen-bond acceptors (Lipinski definition) is 3. The van der Waals surface area contributed by atoms with E-state index in [4.69, 9.17) is 4.74 Å². The van der Waals surface area contributed by atoms with Gasteiger partial charge in [-0.1, -0.05) is 0 Å². The van der Waals surface area contributed by atoms with Gasteiger partial charge in [0.05, 0.1) is 6.20 Å². The fraction of sp³-hybridized carbons (Fsp3) is 0.545. The Morgan fingerprint density at radius 2 is 2.50 bits per heavy atom. The Morgan fingerprint density at radius 3 is 3.21 bits per heavy atom. The summed E-state index contributed by atoms with van der Waals surface area (Å²) in [6.07, 6.45) is 6.09. The maximum Gasteiger partial charge on any atom is 0.137 e. The van der Waals surface area contributed by atoms with E-state index in [0.29, 0.717) is 6.04 Å². The van der Waals surface area contributed by atoms with E-state index in [0.717, 1.165) is 24.5 Å². The van der Waals surface area contributed by atoms with Gasteiger partial charge in [-0.05, 0) is 37.9 Å². The molecule has 0 saturated carbocycles. The minimum atomic E-state index is 0.524. The average molecular weight is 192 g/mol. The average Bonchev–Trinajstić information content (AvgIpc) is 2.67. The Labute approximate surface area is 84.5 Å². The summed E-state index contributed by atoms with van der Waals surface area (Å²) in [5.41, 5.74) is 1.14. The SMILES string of the molecule is Cc1cncc(OC[C@H]2CCCN2)c1. The molecule has 1 aliphatic rings. The topological polar surface area (TPSA) is 34.1 Å². The van der Waals surface area contributed by atoms with Gasteiger partial charge in [0.1, 0.15) is 12.4 Å². The van der Waals surface area contributed by atoms with Crippen LogP contribution in [0.5, 0.6) is 5.75 Å². The predicted octanol–water partition coefficient (Wildman–Crippen LogP) is 1.52. The van der Waals surface area contributed by atoms with Crippen LogP contribution >= 0.6 is 0 Å². The third-order valence-corrected chi connectivity index (χ3v) is 2.46. The first kappa shape index (κ1) is 9.46. The zero-order valence-electron chi connectivity index (χ0n) is 8.49. The lowest BCUT2D eigenvalue weighted by Gasteiger charge is -2.11. The second kappa shape index (κ2) is 4.42. The summed E-state index contributed by atoms with van der Waals surface area (Å²) in [5.74, 6) is 0.874. The van der Waals surface area contributed by atoms with E-state index >= 15 is 0 Å². The first-order valence-electron chi connectivity index (χ1n) is 5.12. The number of ether oxygens (including phenoxy) is 1. The van der Waals surface area contributed by atoms with Crippen molar-refractivity contribution >= 4 is 0 Å². The van der Waals surface area contributed by atoms with Crippen molar-refractivity contribution in [2.45, 2.75) is 25.8 Å². The number of rotatable bonds is 3. The Balaban J connectivity index is 1.85. The third kappa shape index (κ3) is 2.45. The monoisotopic (exact) mass is 192 g/mol. The van der Waals surface area contributed by atoms with Crippen LogP contribution in [0.3, 0.4) is 0 Å². The zero-order valence-corrected chi connectivity index (χ0v) is 8.49. The molecule has 1 aromatic heterocycles. The zero-order chi connectivity index (χ0) is 9.80. The standard InChI is InChI=1S/C11H16N2O/c1-9-5-11(7-12-6-9)14-8-10-3-2-4-13-10/h5-7,10,13H,2-4,8H2,1H3/t10-/m1/s1. The van der Waals surface area contributed by atoms with Crippen LogP contribution in [0.2, 0.25) is 0 Å². The van der Waals surface area contributed by atoms with Gasteiger partial charge in [0.2, 0.25) is 0 Å². The molecule has 3 nitrogen and oxygen atoms in total. The van der Waals surface area contributed by atoms with Crippen molar-refractivity contribution in [1.29, 1.82) is 0 Å². The van der Waals surface area contributed by atoms with E-state index in [1.807, 2.05) is 19.2 Å². The van der Waals surface area contributed by atoms with Crippen LogP contribution in [0.25, 0.3) is 0 Å². The van der Waals surface area contributed by atoms with Crippen LogP contribution in [0, 0.1) is 6.92 Å². The molecule has 2 rings (SSSR count). The number of nitrogens with zero attached hydrogens (tertiary/aromatic N) is 1. The lowest BCUT2D eigenvalue weighted by molar-refractivity contribution is 0.276. The predicted molar refractivity (Wildman–Crippen MR) is 55.5 cm³/mol. The van der Waals surface area contributed by atoms with Crippen LogP contribution in [0.15, 0.2) is 18.5 Å². The Bertz CT molecular complexity index is 295. The molecule has 1 saturated heterocycles. The smallest absolute Gasteiger partial charge is 0.137 e. The van der Waals surface area contributed by atoms with E-state index in [-0.39, 0.29) is 0 Å². The highest BCUT2D eigenvalue weighted by Crippen LogP contribution is 2.12. The summed E-state index contributed by atoms with van der Waals surface area (Å²) >= 11 is 0. The molecule has 0 spiro atoms. The number of nitrogens with one attached hydrogen (secondary N) is 1. The van der Waals surface area contributed by atoms with Gasteiger partial charge in [-0.25, -0.2) is 0 Å². The summed E-state index contributed by atoms with van der Waals surface area (Å²) < 4.78 is 5.65. The Morgan fingerprint density at radius 1 is 1.57 bits per heavy atom. The van der Waals surface area contributed by atoms with Gasteiger partial charge in [0, 0.05) is 12.2 Å². The van der Waals surface area contributed by atoms with Crippen LogP contribution in [-0.4, -0.2) is 24.2 Å². The fourth-order valence-corrected chi connectivity index (χ4v) is 1.70. The van der Waals surface area contributed by atoms with E-state index < -0.39 is 0 Å². The van der Waals surface area contributed by atoms with Crippen molar-refractivity contribution in [3.05, 3.63) is 24.0 Å². The number of pyridine rings is 1. The molecule has 76 valence electrons. The van der Waals surface area contributed by atoms with E-state index in [1.165, 1.54) is 12.8 Å². The molecule has 1 N–H and O–H groups in total. The molecule has 14 heavy (non-hydrogen) atoms. The van der Waals surface area contributed by atoms with Crippen LogP contribution in [0.4, 0.5) is 0 Å². The molecule has 0 aliphatic carbocycles. The maximum atomic E-state index is 5.65. The number of aromatic nitrogens is 1. The van der Waals surface area contributed by atoms with Gasteiger partial charge >= 0.3 is 0 Å². The molecular formula is C11H16N2O. The first-order chi connectivity index (χ1) is 6.84. The molecule has 0 aromatic carbocycles. The minimum Gasteiger partial charge on any atom is -0.490 e. The molecule has 1 aliphatic heterocycles. The number of hydrogen-bond donors (Lipinski definition) is 1. The van der Waals surface area contributed by atoms with Gasteiger partial charge < -0.3 is 10.1 Å². The maximum absolute atomic E-state index is 5.65. The van der Waals surface area contributed by atoms with Crippen molar-refractivity contribution in [3.8, 4) is 5.75 Å². The summed E-state index contributed by atoms with van der Waals surface area (Å²) in [7, 11) is 0. The quantitative estimate of drug-likeness (QED) is 0.788. The van der Waals surface area contributed by atoms with Crippen molar-refractivity contribution in [1.82, 2.24) is 10.3 Å². The summed E-state index contributed by atoms with van der Waals surface area (Å²) in [6, 6.07) is 2.54. The van der Waals surface area contributed by atoms with Crippen molar-refractivity contribution in [3.63, 3.8) is 0 Å². The van der Waals surface area contributed by atoms with Crippen molar-refractivity contribution in [2.75, 3.05) is 13.2 Å². The van der Waals surface area contributed by atoms with Crippen molar-refractivity contribution < 1.29 is 4.74 Å². The molecule has 3 heteroatoms. The van der Waals surface area contributed by atoms with Crippen LogP contribution in [-0.2, 0) is 0 Å². The van der Waals surface area contributed by atoms with Gasteiger partial charge in [0.25, 0.3) is 0 Å². The molecule has 2 heterocycles. The highest BCUT2D eigenvalue weighted by molar-refractivity contribution is 5.22. The van der Waals surface area contributed by atoms with Crippen molar-refractivity contribution in [2.24, 2.45) is 0 Å². The molecule has 0 amide bonds. The highest BCUT2D eigenvalue weighted by Gasteiger charge is 2.14. The molecule has 0 unspecified atom stereocenters. The molecule has 0 bridgehead atoms. The lowest BCUT2D eigenvalue weighted by Crippen LogP contribution is -2.28. The second-order valence-electron chi connectivity index (χ2n) is 3.80. The largest absolute Gasteiger partial charge is 0.490 e. The molecule has 1 aromatic rings. The van der Waals surface area contributed by atoms with Gasteiger partial charge in [-0.15, -0.1) is 0 Å². The normalized spacial score (nSPS) is 21.1. The van der Waals surface area contributed by atoms with Crippen LogP contribution < -0.4 is 10.1 Å². The summed E-state index contributed by atoms with van der Waals surface area (Å²) in [6.45, 7) is 3.90. The molecular weight excluding hydrogens is 176 g/mol. The van der Waals surface area contributed by atoms with E-state index in [2.05, 4.69) is 10.3 Å². The van der Waals surface area contributed by atoms with Crippen LogP contribution in [0.1, 0.15) is 18.4 Å². The Hall–Kier alpha value is -1.09. The van der Waals surface area contributed by atoms with E-state index in [1.54, 1.807) is 6.20 Å². The third-order valence-electron chi connectivity index (χ3n) is 2.46. The fourth-order valence-electron chi connectivity index (χ4n) is 1.70. The van der Waals surface area contributed by atoms with Gasteiger partial charge in [-0.3, -0.25) is 4.98 Å². The molecule has 1 atom stereocenters. The highest BCUT2D eigenvalue weighted by atomic mass is 16.5. The summed E-state index contributed by atoms with van der Waals surface area (Å²) in [5, 5.41) is 3.40. The van der Waals surface area contributed by atoms with Gasteiger partial charge in [-0.2, -0.15) is 0 Å². The molecule has 0 radical (unpaired) electrons. The second-order valence-corrected chi connectivity index (χ2v) is 3.80. The first-order valence-corrected chi connectivity index (χ1v) is 5.12. The summed E-state index contributed by atoms with van der Waals surface area (Å²) in [4.78, 5) is 4.08. The lowest BCUT2D eigenvalue weighted by atomic mass is 10.2. The number of aryl methyl sites for hydroxylation is 1. The Kier molecular flexibility index (Phi) is 2.99. The molecule has 1 fully saturated rings. The van der Waals surface area contributed by atoms with E-state index in [9.17, 15) is 0 Å².